The second kappa shape index (κ2) is 6.37. The molecule has 2 rings (SSSR count). The Kier molecular flexibility index (Phi) is 4.78. The van der Waals surface area contributed by atoms with E-state index >= 15 is 0 Å². The molecule has 1 fully saturated rings. The molecule has 0 amide bonds. The molecule has 1 aliphatic carbocycles. The summed E-state index contributed by atoms with van der Waals surface area (Å²) in [6.45, 7) is 3.85. The van der Waals surface area contributed by atoms with Gasteiger partial charge in [-0.15, -0.1) is 0 Å². The topological polar surface area (TPSA) is 78.9 Å². The minimum absolute atomic E-state index is 0.440. The van der Waals surface area contributed by atoms with Crippen molar-refractivity contribution < 1.29 is 9.90 Å². The van der Waals surface area contributed by atoms with Crippen LogP contribution < -0.4 is 0 Å². The summed E-state index contributed by atoms with van der Waals surface area (Å²) in [4.78, 5) is 16.1. The van der Waals surface area contributed by atoms with Gasteiger partial charge in [0.1, 0.15) is 5.82 Å². The highest BCUT2D eigenvalue weighted by atomic mass is 16.4. The third-order valence-corrected chi connectivity index (χ3v) is 4.83. The van der Waals surface area contributed by atoms with E-state index in [1.54, 1.807) is 0 Å². The van der Waals surface area contributed by atoms with Crippen LogP contribution in [0, 0.1) is 5.41 Å². The second-order valence-corrected chi connectivity index (χ2v) is 5.94. The summed E-state index contributed by atoms with van der Waals surface area (Å²) in [5.74, 6) is 1.32. The molecule has 0 radical (unpaired) electrons. The molecule has 1 heterocycles. The molecule has 0 saturated heterocycles. The molecular formula is C15H25N3O2. The fourth-order valence-electron chi connectivity index (χ4n) is 3.13. The van der Waals surface area contributed by atoms with Gasteiger partial charge in [0.25, 0.3) is 0 Å². The average molecular weight is 279 g/mol. The van der Waals surface area contributed by atoms with Gasteiger partial charge in [0.15, 0.2) is 5.82 Å². The quantitative estimate of drug-likeness (QED) is 0.837. The van der Waals surface area contributed by atoms with Crippen LogP contribution in [-0.2, 0) is 11.2 Å². The predicted octanol–water partition coefficient (Wildman–Crippen LogP) is 3.29. The first-order valence-corrected chi connectivity index (χ1v) is 7.76. The van der Waals surface area contributed by atoms with Gasteiger partial charge < -0.3 is 5.11 Å². The van der Waals surface area contributed by atoms with Gasteiger partial charge >= 0.3 is 5.97 Å². The van der Waals surface area contributed by atoms with Crippen LogP contribution in [0.5, 0.6) is 0 Å². The molecule has 1 aromatic rings. The molecule has 0 atom stereocenters. The predicted molar refractivity (Wildman–Crippen MR) is 76.6 cm³/mol. The molecule has 0 aromatic carbocycles. The summed E-state index contributed by atoms with van der Waals surface area (Å²) in [5.41, 5.74) is -0.719. The number of hydrogen-bond donors (Lipinski definition) is 2. The Labute approximate surface area is 120 Å². The SMILES string of the molecule is CCC(CC)(Cc1nc(C2CCCCC2)n[nH]1)C(=O)O. The highest BCUT2D eigenvalue weighted by Crippen LogP contribution is 2.33. The largest absolute Gasteiger partial charge is 0.481 e. The Morgan fingerprint density at radius 3 is 2.50 bits per heavy atom. The van der Waals surface area contributed by atoms with Gasteiger partial charge in [0, 0.05) is 12.3 Å². The molecule has 0 bridgehead atoms. The fraction of sp³-hybridized carbons (Fsp3) is 0.800. The molecule has 0 spiro atoms. The smallest absolute Gasteiger partial charge is 0.310 e. The van der Waals surface area contributed by atoms with E-state index in [-0.39, 0.29) is 0 Å². The van der Waals surface area contributed by atoms with Crippen LogP contribution in [0.2, 0.25) is 0 Å². The summed E-state index contributed by atoms with van der Waals surface area (Å²) in [7, 11) is 0. The summed E-state index contributed by atoms with van der Waals surface area (Å²) in [6.07, 6.45) is 7.77. The Bertz CT molecular complexity index is 446. The molecule has 112 valence electrons. The number of carbonyl (C=O) groups is 1. The number of carboxylic acids is 1. The maximum absolute atomic E-state index is 11.5. The van der Waals surface area contributed by atoms with Crippen LogP contribution in [0.1, 0.15) is 76.4 Å². The number of nitrogens with one attached hydrogen (secondary N) is 1. The van der Waals surface area contributed by atoms with Crippen molar-refractivity contribution in [3.8, 4) is 0 Å². The lowest BCUT2D eigenvalue weighted by molar-refractivity contribution is -0.149. The lowest BCUT2D eigenvalue weighted by Crippen LogP contribution is -2.32. The van der Waals surface area contributed by atoms with Crippen molar-refractivity contribution in [3.63, 3.8) is 0 Å². The van der Waals surface area contributed by atoms with Crippen molar-refractivity contribution >= 4 is 5.97 Å². The molecular weight excluding hydrogens is 254 g/mol. The van der Waals surface area contributed by atoms with Crippen molar-refractivity contribution in [1.82, 2.24) is 15.2 Å². The van der Waals surface area contributed by atoms with E-state index in [0.29, 0.717) is 25.2 Å². The molecule has 2 N–H and O–H groups in total. The van der Waals surface area contributed by atoms with E-state index in [0.717, 1.165) is 24.5 Å². The summed E-state index contributed by atoms with van der Waals surface area (Å²) >= 11 is 0. The molecule has 5 nitrogen and oxygen atoms in total. The second-order valence-electron chi connectivity index (χ2n) is 5.94. The Balaban J connectivity index is 2.10. The van der Waals surface area contributed by atoms with Gasteiger partial charge in [0.2, 0.25) is 0 Å². The number of aromatic amines is 1. The number of H-pyrrole nitrogens is 1. The number of aliphatic carboxylic acids is 1. The first kappa shape index (κ1) is 15.0. The van der Waals surface area contributed by atoms with Crippen molar-refractivity contribution in [2.75, 3.05) is 0 Å². The van der Waals surface area contributed by atoms with E-state index in [4.69, 9.17) is 0 Å². The highest BCUT2D eigenvalue weighted by molar-refractivity contribution is 5.74. The fourth-order valence-corrected chi connectivity index (χ4v) is 3.13. The molecule has 0 unspecified atom stereocenters. The zero-order valence-corrected chi connectivity index (χ0v) is 12.5. The van der Waals surface area contributed by atoms with Gasteiger partial charge in [-0.25, -0.2) is 4.98 Å². The lowest BCUT2D eigenvalue weighted by atomic mass is 9.79. The highest BCUT2D eigenvalue weighted by Gasteiger charge is 2.36. The molecule has 1 aliphatic rings. The first-order valence-electron chi connectivity index (χ1n) is 7.76. The van der Waals surface area contributed by atoms with Crippen molar-refractivity contribution in [2.24, 2.45) is 5.41 Å². The third-order valence-electron chi connectivity index (χ3n) is 4.83. The van der Waals surface area contributed by atoms with Gasteiger partial charge in [-0.2, -0.15) is 5.10 Å². The standard InChI is InChI=1S/C15H25N3O2/c1-3-15(4-2,14(19)20)10-12-16-13(18-17-12)11-8-6-5-7-9-11/h11H,3-10H2,1-2H3,(H,19,20)(H,16,17,18). The first-order chi connectivity index (χ1) is 9.61. The monoisotopic (exact) mass is 279 g/mol. The van der Waals surface area contributed by atoms with Crippen LogP contribution in [0.15, 0.2) is 0 Å². The third kappa shape index (κ3) is 3.02. The number of rotatable bonds is 6. The number of aromatic nitrogens is 3. The number of nitrogens with zero attached hydrogens (tertiary/aromatic N) is 2. The van der Waals surface area contributed by atoms with Gasteiger partial charge in [0.05, 0.1) is 5.41 Å². The van der Waals surface area contributed by atoms with E-state index in [2.05, 4.69) is 15.2 Å². The minimum Gasteiger partial charge on any atom is -0.481 e. The maximum Gasteiger partial charge on any atom is 0.310 e. The maximum atomic E-state index is 11.5. The Morgan fingerprint density at radius 2 is 1.95 bits per heavy atom. The summed E-state index contributed by atoms with van der Waals surface area (Å²) < 4.78 is 0. The van der Waals surface area contributed by atoms with E-state index in [9.17, 15) is 9.90 Å². The number of hydrogen-bond acceptors (Lipinski definition) is 3. The number of carboxylic acid groups (broad SMARTS) is 1. The van der Waals surface area contributed by atoms with E-state index in [1.807, 2.05) is 13.8 Å². The summed E-state index contributed by atoms with van der Waals surface area (Å²) in [5, 5.41) is 16.8. The zero-order chi connectivity index (χ0) is 14.6. The summed E-state index contributed by atoms with van der Waals surface area (Å²) in [6, 6.07) is 0. The van der Waals surface area contributed by atoms with Crippen LogP contribution in [0.25, 0.3) is 0 Å². The molecule has 1 aromatic heterocycles. The molecule has 20 heavy (non-hydrogen) atoms. The van der Waals surface area contributed by atoms with E-state index < -0.39 is 11.4 Å². The van der Waals surface area contributed by atoms with Gasteiger partial charge in [-0.1, -0.05) is 33.1 Å². The Hall–Kier alpha value is -1.39. The van der Waals surface area contributed by atoms with Crippen molar-refractivity contribution in [2.45, 2.75) is 71.1 Å². The molecule has 0 aliphatic heterocycles. The molecule has 5 heteroatoms. The van der Waals surface area contributed by atoms with Crippen molar-refractivity contribution in [3.05, 3.63) is 11.6 Å². The normalized spacial score (nSPS) is 17.3. The average Bonchev–Trinajstić information content (AvgIpc) is 2.94. The van der Waals surface area contributed by atoms with Crippen LogP contribution in [0.4, 0.5) is 0 Å². The van der Waals surface area contributed by atoms with E-state index in [1.165, 1.54) is 19.3 Å². The lowest BCUT2D eigenvalue weighted by Gasteiger charge is -2.25. The van der Waals surface area contributed by atoms with Crippen LogP contribution >= 0.6 is 0 Å². The van der Waals surface area contributed by atoms with Gasteiger partial charge in [-0.05, 0) is 25.7 Å². The molecule has 1 saturated carbocycles. The van der Waals surface area contributed by atoms with Gasteiger partial charge in [-0.3, -0.25) is 9.89 Å². The van der Waals surface area contributed by atoms with Crippen LogP contribution in [-0.4, -0.2) is 26.3 Å². The van der Waals surface area contributed by atoms with Crippen molar-refractivity contribution in [1.29, 1.82) is 0 Å². The zero-order valence-electron chi connectivity index (χ0n) is 12.5. The minimum atomic E-state index is -0.738. The Morgan fingerprint density at radius 1 is 1.30 bits per heavy atom. The van der Waals surface area contributed by atoms with Crippen LogP contribution in [0.3, 0.4) is 0 Å².